The van der Waals surface area contributed by atoms with Gasteiger partial charge in [-0.25, -0.2) is 8.42 Å². The number of likely N-dealkylation sites (tertiary alicyclic amines) is 1. The zero-order valence-corrected chi connectivity index (χ0v) is 23.4. The van der Waals surface area contributed by atoms with Gasteiger partial charge in [0.2, 0.25) is 10.0 Å². The Kier molecular flexibility index (Phi) is 10.4. The fourth-order valence-corrected chi connectivity index (χ4v) is 7.02. The molecule has 3 heterocycles. The molecule has 2 atom stereocenters. The molecule has 0 aromatic heterocycles. The van der Waals surface area contributed by atoms with Gasteiger partial charge in [0.05, 0.1) is 4.90 Å². The molecule has 6 rings (SSSR count). The van der Waals surface area contributed by atoms with Crippen LogP contribution in [0.3, 0.4) is 0 Å². The Labute approximate surface area is 223 Å². The van der Waals surface area contributed by atoms with Gasteiger partial charge in [-0.2, -0.15) is 9.25 Å². The van der Waals surface area contributed by atoms with E-state index < -0.39 is 10.0 Å². The van der Waals surface area contributed by atoms with Crippen molar-refractivity contribution in [3.8, 4) is 0 Å². The number of hydrogen-bond donors (Lipinski definition) is 0. The number of sulfonamides is 1. The Balaban J connectivity index is 0.000000156. The number of allylic oxidation sites excluding steroid dienone is 1. The molecule has 3 saturated heterocycles. The summed E-state index contributed by atoms with van der Waals surface area (Å²) in [4.78, 5) is 9.06. The Morgan fingerprint density at radius 1 is 0.946 bits per heavy atom. The molecule has 2 unspecified atom stereocenters. The highest BCUT2D eigenvalue weighted by Crippen LogP contribution is 2.38. The lowest BCUT2D eigenvalue weighted by Crippen LogP contribution is -2.53. The second-order valence-corrected chi connectivity index (χ2v) is 13.3. The Morgan fingerprint density at radius 3 is 2.03 bits per heavy atom. The fraction of sp³-hybridized carbons (Fsp3) is 0.724. The molecule has 5 fully saturated rings. The number of benzene rings is 1. The Hall–Kier alpha value is -1.48. The van der Waals surface area contributed by atoms with E-state index in [9.17, 15) is 12.9 Å². The summed E-state index contributed by atoms with van der Waals surface area (Å²) in [5.41, 5.74) is 2.41. The van der Waals surface area contributed by atoms with Gasteiger partial charge in [-0.05, 0) is 74.4 Å². The van der Waals surface area contributed by atoms with E-state index in [2.05, 4.69) is 21.3 Å². The number of nitrogens with zero attached hydrogens (tertiary/aromatic N) is 3. The SMILES string of the molecule is C1CC1.C=C(CC1CC1)N1CC2CCC(C1)N2CCOF.Cc1ccc(S(=O)(=O)N2CCCCC2)cc1. The molecule has 3 aliphatic heterocycles. The number of piperidine rings is 1. The maximum absolute atomic E-state index is 12.2. The quantitative estimate of drug-likeness (QED) is 0.428. The second kappa shape index (κ2) is 13.5. The van der Waals surface area contributed by atoms with Gasteiger partial charge in [-0.15, -0.1) is 0 Å². The Morgan fingerprint density at radius 2 is 1.51 bits per heavy atom. The van der Waals surface area contributed by atoms with Crippen LogP contribution in [0.4, 0.5) is 4.53 Å². The predicted molar refractivity (Wildman–Crippen MR) is 146 cm³/mol. The first-order chi connectivity index (χ1) is 17.9. The van der Waals surface area contributed by atoms with Crippen molar-refractivity contribution in [1.82, 2.24) is 14.1 Å². The van der Waals surface area contributed by atoms with Crippen LogP contribution < -0.4 is 0 Å². The number of hydrogen-bond acceptors (Lipinski definition) is 5. The minimum Gasteiger partial charge on any atom is -0.372 e. The lowest BCUT2D eigenvalue weighted by molar-refractivity contribution is -0.140. The largest absolute Gasteiger partial charge is 0.372 e. The summed E-state index contributed by atoms with van der Waals surface area (Å²) in [6.45, 7) is 10.6. The molecule has 8 heteroatoms. The fourth-order valence-electron chi connectivity index (χ4n) is 5.50. The van der Waals surface area contributed by atoms with E-state index in [-0.39, 0.29) is 6.61 Å². The lowest BCUT2D eigenvalue weighted by atomic mass is 10.1. The third-order valence-corrected chi connectivity index (χ3v) is 9.97. The van der Waals surface area contributed by atoms with E-state index >= 15 is 0 Å². The van der Waals surface area contributed by atoms with Crippen molar-refractivity contribution in [2.24, 2.45) is 5.92 Å². The number of rotatable bonds is 8. The van der Waals surface area contributed by atoms with E-state index in [0.717, 1.165) is 50.4 Å². The van der Waals surface area contributed by atoms with Crippen LogP contribution in [-0.4, -0.2) is 73.9 Å². The molecule has 2 aliphatic carbocycles. The highest BCUT2D eigenvalue weighted by atomic mass is 32.2. The van der Waals surface area contributed by atoms with Crippen LogP contribution in [0.25, 0.3) is 0 Å². The first kappa shape index (κ1) is 28.5. The molecule has 6 nitrogen and oxygen atoms in total. The van der Waals surface area contributed by atoms with Gasteiger partial charge in [0.25, 0.3) is 0 Å². The van der Waals surface area contributed by atoms with Gasteiger partial charge in [0.15, 0.2) is 0 Å². The zero-order chi connectivity index (χ0) is 26.3. The molecule has 2 bridgehead atoms. The summed E-state index contributed by atoms with van der Waals surface area (Å²) in [6.07, 6.45) is 14.0. The first-order valence-electron chi connectivity index (χ1n) is 14.4. The molecule has 0 spiro atoms. The summed E-state index contributed by atoms with van der Waals surface area (Å²) in [7, 11) is -3.25. The molecule has 1 aromatic carbocycles. The highest BCUT2D eigenvalue weighted by Gasteiger charge is 2.40. The van der Waals surface area contributed by atoms with E-state index in [4.69, 9.17) is 0 Å². The summed E-state index contributed by atoms with van der Waals surface area (Å²) in [6, 6.07) is 8.23. The van der Waals surface area contributed by atoms with Crippen molar-refractivity contribution >= 4 is 10.0 Å². The average molecular weight is 536 g/mol. The molecule has 208 valence electrons. The number of halogens is 1. The lowest BCUT2D eigenvalue weighted by Gasteiger charge is -2.42. The molecular formula is C29H46FN3O3S. The summed E-state index contributed by atoms with van der Waals surface area (Å²) >= 11 is 0. The number of aryl methyl sites for hydroxylation is 1. The van der Waals surface area contributed by atoms with E-state index in [1.165, 1.54) is 57.1 Å². The third kappa shape index (κ3) is 8.50. The van der Waals surface area contributed by atoms with Crippen LogP contribution >= 0.6 is 0 Å². The van der Waals surface area contributed by atoms with Gasteiger partial charge in [0.1, 0.15) is 6.61 Å². The molecule has 0 amide bonds. The minimum absolute atomic E-state index is 0.204. The van der Waals surface area contributed by atoms with Gasteiger partial charge >= 0.3 is 0 Å². The van der Waals surface area contributed by atoms with Crippen molar-refractivity contribution in [3.05, 3.63) is 42.1 Å². The maximum Gasteiger partial charge on any atom is 0.243 e. The van der Waals surface area contributed by atoms with Crippen LogP contribution in [0.5, 0.6) is 0 Å². The Bertz CT molecular complexity index is 942. The molecule has 0 N–H and O–H groups in total. The second-order valence-electron chi connectivity index (χ2n) is 11.4. The molecule has 37 heavy (non-hydrogen) atoms. The molecule has 2 saturated carbocycles. The zero-order valence-electron chi connectivity index (χ0n) is 22.6. The van der Waals surface area contributed by atoms with Gasteiger partial charge < -0.3 is 4.90 Å². The molecular weight excluding hydrogens is 489 g/mol. The van der Waals surface area contributed by atoms with Crippen molar-refractivity contribution < 1.29 is 17.9 Å². The molecule has 1 aromatic rings. The minimum atomic E-state index is -3.25. The maximum atomic E-state index is 12.2. The first-order valence-corrected chi connectivity index (χ1v) is 15.8. The van der Waals surface area contributed by atoms with Crippen LogP contribution in [0.15, 0.2) is 41.4 Å². The normalized spacial score (nSPS) is 25.5. The van der Waals surface area contributed by atoms with Crippen molar-refractivity contribution in [1.29, 1.82) is 0 Å². The summed E-state index contributed by atoms with van der Waals surface area (Å²) < 4.78 is 37.9. The van der Waals surface area contributed by atoms with Crippen LogP contribution in [0.1, 0.15) is 76.2 Å². The summed E-state index contributed by atoms with van der Waals surface area (Å²) in [5.74, 6) is 0.910. The molecule has 0 radical (unpaired) electrons. The van der Waals surface area contributed by atoms with Crippen molar-refractivity contribution in [2.45, 2.75) is 94.5 Å². The monoisotopic (exact) mass is 535 g/mol. The van der Waals surface area contributed by atoms with Crippen molar-refractivity contribution in [2.75, 3.05) is 39.3 Å². The van der Waals surface area contributed by atoms with Crippen LogP contribution in [-0.2, 0) is 15.0 Å². The third-order valence-electron chi connectivity index (χ3n) is 8.06. The number of fused-ring (bicyclic) bond motifs is 2. The van der Waals surface area contributed by atoms with Crippen molar-refractivity contribution in [3.63, 3.8) is 0 Å². The smallest absolute Gasteiger partial charge is 0.243 e. The number of piperazine rings is 1. The van der Waals surface area contributed by atoms with E-state index in [1.807, 2.05) is 19.1 Å². The summed E-state index contributed by atoms with van der Waals surface area (Å²) in [5, 5.41) is 0. The highest BCUT2D eigenvalue weighted by molar-refractivity contribution is 7.89. The van der Waals surface area contributed by atoms with Gasteiger partial charge in [-0.1, -0.05) is 50.0 Å². The van der Waals surface area contributed by atoms with Gasteiger partial charge in [-0.3, -0.25) is 4.90 Å². The van der Waals surface area contributed by atoms with Gasteiger partial charge in [0, 0.05) is 50.5 Å². The van der Waals surface area contributed by atoms with Crippen LogP contribution in [0.2, 0.25) is 0 Å². The molecule has 5 aliphatic rings. The average Bonchev–Trinajstić information content (AvgIpc) is 3.82. The van der Waals surface area contributed by atoms with E-state index in [0.29, 0.717) is 30.1 Å². The topological polar surface area (TPSA) is 53.1 Å². The standard InChI is InChI=1S/C14H23FN2O.C12H17NO2S.C3H6/c1-11(8-12-2-3-12)16-9-13-4-5-14(10-16)17(13)6-7-18-15;1-11-5-7-12(8-6-11)16(14,15)13-9-3-2-4-10-13;1-2-3-1/h12-14H,1-10H2;5-8H,2-4,9-10H2,1H3;1-3H2. The van der Waals surface area contributed by atoms with E-state index in [1.54, 1.807) is 16.4 Å². The predicted octanol–water partition coefficient (Wildman–Crippen LogP) is 5.69. The van der Waals surface area contributed by atoms with Crippen LogP contribution in [0, 0.1) is 12.8 Å².